The number of carbonyl (C=O) groups is 1. The van der Waals surface area contributed by atoms with Gasteiger partial charge in [0.1, 0.15) is 11.9 Å². The van der Waals surface area contributed by atoms with Crippen molar-refractivity contribution in [3.05, 3.63) is 99.6 Å². The van der Waals surface area contributed by atoms with Gasteiger partial charge < -0.3 is 26.3 Å². The summed E-state index contributed by atoms with van der Waals surface area (Å²) in [4.78, 5) is 40.9. The van der Waals surface area contributed by atoms with Gasteiger partial charge in [-0.15, -0.1) is 0 Å². The molecule has 4 aromatic rings. The Balaban J connectivity index is 1.31. The molecule has 1 saturated heterocycles. The van der Waals surface area contributed by atoms with Crippen LogP contribution in [0.4, 0.5) is 5.82 Å². The molecular weight excluding hydrogens is 468 g/mol. The van der Waals surface area contributed by atoms with Crippen molar-refractivity contribution in [3.8, 4) is 6.07 Å². The number of amides is 1. The second-order valence-electron chi connectivity index (χ2n) is 8.60. The number of para-hydroxylation sites is 2. The summed E-state index contributed by atoms with van der Waals surface area (Å²) >= 11 is 0. The normalized spacial score (nSPS) is 14.2. The molecule has 0 unspecified atom stereocenters. The van der Waals surface area contributed by atoms with Crippen LogP contribution in [0.2, 0.25) is 0 Å². The average molecular weight is 493 g/mol. The molecule has 10 nitrogen and oxygen atoms in total. The second kappa shape index (κ2) is 9.83. The molecule has 1 amide bonds. The lowest BCUT2D eigenvalue weighted by Crippen LogP contribution is -2.49. The van der Waals surface area contributed by atoms with Gasteiger partial charge in [-0.25, -0.2) is 9.97 Å². The summed E-state index contributed by atoms with van der Waals surface area (Å²) < 4.78 is 0. The summed E-state index contributed by atoms with van der Waals surface area (Å²) in [5.41, 5.74) is 15.2. The number of nitrogens with two attached hydrogens (primary N) is 2. The first-order valence-electron chi connectivity index (χ1n) is 11.7. The smallest absolute Gasteiger partial charge is 0.276 e. The first-order chi connectivity index (χ1) is 18.0. The Morgan fingerprint density at radius 1 is 0.919 bits per heavy atom. The largest absolute Gasteiger partial charge is 0.397 e. The molecule has 184 valence electrons. The van der Waals surface area contributed by atoms with Gasteiger partial charge >= 0.3 is 0 Å². The van der Waals surface area contributed by atoms with Crippen LogP contribution in [0.25, 0.3) is 22.4 Å². The summed E-state index contributed by atoms with van der Waals surface area (Å²) in [5, 5.41) is 9.33. The number of nitrogens with one attached hydrogen (secondary N) is 1. The van der Waals surface area contributed by atoms with Crippen LogP contribution in [0, 0.1) is 11.3 Å². The number of nitrogens with zero attached hydrogens (tertiary/aromatic N) is 5. The molecule has 5 N–H and O–H groups in total. The van der Waals surface area contributed by atoms with Gasteiger partial charge in [-0.1, -0.05) is 24.3 Å². The lowest BCUT2D eigenvalue weighted by Gasteiger charge is -2.35. The SMILES string of the molecule is N#Cc1cccnc1N1CCN(C(=O)c2ccc(/C(N)=C(\N)c3nc4ccccc4[nH]c3=O)cc2)CC1. The summed E-state index contributed by atoms with van der Waals surface area (Å²) in [6.07, 6.45) is 1.66. The molecule has 0 aliphatic carbocycles. The van der Waals surface area contributed by atoms with Crippen LogP contribution < -0.4 is 21.9 Å². The molecule has 0 atom stereocenters. The number of hydrogen-bond donors (Lipinski definition) is 3. The first kappa shape index (κ1) is 23.6. The number of aromatic nitrogens is 3. The Kier molecular flexibility index (Phi) is 6.26. The highest BCUT2D eigenvalue weighted by molar-refractivity contribution is 5.95. The number of H-pyrrole nitrogens is 1. The number of piperazine rings is 1. The van der Waals surface area contributed by atoms with Crippen molar-refractivity contribution in [3.63, 3.8) is 0 Å². The van der Waals surface area contributed by atoms with Crippen LogP contribution >= 0.6 is 0 Å². The van der Waals surface area contributed by atoms with Gasteiger partial charge in [-0.2, -0.15) is 5.26 Å². The molecule has 2 aromatic carbocycles. The van der Waals surface area contributed by atoms with Gasteiger partial charge in [0.2, 0.25) is 0 Å². The number of benzene rings is 2. The van der Waals surface area contributed by atoms with Crippen LogP contribution in [-0.4, -0.2) is 51.9 Å². The van der Waals surface area contributed by atoms with Gasteiger partial charge in [-0.3, -0.25) is 9.59 Å². The van der Waals surface area contributed by atoms with Gasteiger partial charge in [-0.05, 0) is 42.0 Å². The molecule has 3 heterocycles. The number of pyridine rings is 1. The van der Waals surface area contributed by atoms with E-state index in [9.17, 15) is 14.9 Å². The van der Waals surface area contributed by atoms with Crippen LogP contribution in [0.3, 0.4) is 0 Å². The van der Waals surface area contributed by atoms with E-state index < -0.39 is 5.56 Å². The number of nitriles is 1. The predicted octanol–water partition coefficient (Wildman–Crippen LogP) is 1.90. The molecule has 1 aliphatic heterocycles. The van der Waals surface area contributed by atoms with E-state index in [4.69, 9.17) is 11.5 Å². The van der Waals surface area contributed by atoms with Gasteiger partial charge in [0.15, 0.2) is 5.69 Å². The molecule has 0 bridgehead atoms. The van der Waals surface area contributed by atoms with Crippen LogP contribution in [0.5, 0.6) is 0 Å². The lowest BCUT2D eigenvalue weighted by molar-refractivity contribution is 0.0746. The third kappa shape index (κ3) is 4.58. The van der Waals surface area contributed by atoms with E-state index in [1.165, 1.54) is 0 Å². The van der Waals surface area contributed by atoms with Gasteiger partial charge in [0, 0.05) is 37.9 Å². The maximum absolute atomic E-state index is 13.1. The monoisotopic (exact) mass is 492 g/mol. The minimum Gasteiger partial charge on any atom is -0.397 e. The van der Waals surface area contributed by atoms with Crippen molar-refractivity contribution < 1.29 is 4.79 Å². The lowest BCUT2D eigenvalue weighted by atomic mass is 10.1. The maximum atomic E-state index is 13.1. The minimum atomic E-state index is -0.433. The number of rotatable bonds is 4. The zero-order valence-electron chi connectivity index (χ0n) is 19.9. The molecule has 37 heavy (non-hydrogen) atoms. The van der Waals surface area contributed by atoms with E-state index in [1.54, 1.807) is 65.7 Å². The van der Waals surface area contributed by atoms with Crippen molar-refractivity contribution in [2.24, 2.45) is 11.5 Å². The Bertz CT molecular complexity index is 1610. The fourth-order valence-corrected chi connectivity index (χ4v) is 4.33. The maximum Gasteiger partial charge on any atom is 0.276 e. The molecule has 0 radical (unpaired) electrons. The number of fused-ring (bicyclic) bond motifs is 1. The van der Waals surface area contributed by atoms with E-state index in [0.29, 0.717) is 59.7 Å². The molecule has 2 aromatic heterocycles. The Morgan fingerprint density at radius 2 is 1.62 bits per heavy atom. The van der Waals surface area contributed by atoms with E-state index in [1.807, 2.05) is 11.0 Å². The summed E-state index contributed by atoms with van der Waals surface area (Å²) in [5.74, 6) is 0.539. The highest BCUT2D eigenvalue weighted by Crippen LogP contribution is 2.21. The van der Waals surface area contributed by atoms with Crippen molar-refractivity contribution in [2.75, 3.05) is 31.1 Å². The molecule has 0 spiro atoms. The van der Waals surface area contributed by atoms with E-state index in [0.717, 1.165) is 0 Å². The van der Waals surface area contributed by atoms with E-state index >= 15 is 0 Å². The number of aromatic amines is 1. The van der Waals surface area contributed by atoms with Crippen molar-refractivity contribution in [1.82, 2.24) is 19.9 Å². The quantitative estimate of drug-likeness (QED) is 0.390. The third-order valence-corrected chi connectivity index (χ3v) is 6.36. The van der Waals surface area contributed by atoms with Gasteiger partial charge in [0.25, 0.3) is 11.5 Å². The van der Waals surface area contributed by atoms with E-state index in [2.05, 4.69) is 21.0 Å². The minimum absolute atomic E-state index is 0.0432. The Labute approximate surface area is 212 Å². The predicted molar refractivity (Wildman–Crippen MR) is 141 cm³/mol. The fourth-order valence-electron chi connectivity index (χ4n) is 4.33. The zero-order valence-corrected chi connectivity index (χ0v) is 19.9. The first-order valence-corrected chi connectivity index (χ1v) is 11.7. The zero-order chi connectivity index (χ0) is 25.9. The third-order valence-electron chi connectivity index (χ3n) is 6.36. The summed E-state index contributed by atoms with van der Waals surface area (Å²) in [6, 6.07) is 19.6. The topological polar surface area (TPSA) is 158 Å². The molecule has 1 fully saturated rings. The second-order valence-corrected chi connectivity index (χ2v) is 8.60. The summed E-state index contributed by atoms with van der Waals surface area (Å²) in [7, 11) is 0. The van der Waals surface area contributed by atoms with Crippen molar-refractivity contribution >= 4 is 34.2 Å². The average Bonchev–Trinajstić information content (AvgIpc) is 2.95. The number of anilines is 1. The fraction of sp³-hybridized carbons (Fsp3) is 0.148. The number of hydrogen-bond acceptors (Lipinski definition) is 8. The standard InChI is InChI=1S/C27H24N8O2/c28-16-19-4-3-11-31-25(19)34-12-14-35(15-13-34)27(37)18-9-7-17(8-10-18)22(29)23(30)24-26(36)33-21-6-2-1-5-20(21)32-24/h1-11H,12-15,29-30H2,(H,33,36)/b23-22+. The van der Waals surface area contributed by atoms with Crippen LogP contribution in [-0.2, 0) is 0 Å². The molecule has 1 aliphatic rings. The Morgan fingerprint density at radius 3 is 2.35 bits per heavy atom. The highest BCUT2D eigenvalue weighted by atomic mass is 16.2. The molecular formula is C27H24N8O2. The molecule has 5 rings (SSSR count). The van der Waals surface area contributed by atoms with Crippen LogP contribution in [0.1, 0.15) is 27.2 Å². The van der Waals surface area contributed by atoms with Crippen molar-refractivity contribution in [1.29, 1.82) is 5.26 Å². The molecule has 10 heteroatoms. The summed E-state index contributed by atoms with van der Waals surface area (Å²) in [6.45, 7) is 2.17. The number of carbonyl (C=O) groups excluding carboxylic acids is 1. The van der Waals surface area contributed by atoms with Gasteiger partial charge in [0.05, 0.1) is 28.0 Å². The van der Waals surface area contributed by atoms with Crippen LogP contribution in [0.15, 0.2) is 71.7 Å². The van der Waals surface area contributed by atoms with Crippen molar-refractivity contribution in [2.45, 2.75) is 0 Å². The highest BCUT2D eigenvalue weighted by Gasteiger charge is 2.24. The van der Waals surface area contributed by atoms with E-state index in [-0.39, 0.29) is 23.0 Å². The molecule has 0 saturated carbocycles. The Hall–Kier alpha value is -5.17.